The molecule has 2 heterocycles. The average Bonchev–Trinajstić information content (AvgIpc) is 3.02. The summed E-state index contributed by atoms with van der Waals surface area (Å²) in [5, 5.41) is 31.0. The Morgan fingerprint density at radius 1 is 0.884 bits per heavy atom. The van der Waals surface area contributed by atoms with Crippen LogP contribution in [0.15, 0.2) is 71.9 Å². The van der Waals surface area contributed by atoms with E-state index in [1.165, 1.54) is 17.8 Å². The number of aliphatic hydroxyl groups excluding tert-OH is 1. The molecule has 1 aromatic heterocycles. The second-order valence-corrected chi connectivity index (χ2v) is 11.3. The van der Waals surface area contributed by atoms with Gasteiger partial charge in [0.1, 0.15) is 5.03 Å². The van der Waals surface area contributed by atoms with E-state index in [1.807, 2.05) is 36.4 Å². The molecular weight excluding hydrogens is 572 g/mol. The molecular formula is C32H36N2O8S. The SMILES string of the molecule is O=C(O)CCCCCCC(=O)Nc1ccc([C@@H]2O[C@H](CSc3ncccc3C(=O)O)C[C@H](c3ccc(CO)cc3)O2)cc1. The minimum atomic E-state index is -1.04. The fourth-order valence-corrected chi connectivity index (χ4v) is 5.73. The zero-order chi connectivity index (χ0) is 30.6. The fourth-order valence-electron chi connectivity index (χ4n) is 4.73. The number of carbonyl (C=O) groups excluding carboxylic acids is 1. The monoisotopic (exact) mass is 608 g/mol. The van der Waals surface area contributed by atoms with Crippen molar-refractivity contribution in [3.8, 4) is 0 Å². The number of anilines is 1. The van der Waals surface area contributed by atoms with Crippen molar-refractivity contribution in [3.05, 3.63) is 89.1 Å². The van der Waals surface area contributed by atoms with Gasteiger partial charge in [-0.3, -0.25) is 9.59 Å². The first kappa shape index (κ1) is 32.2. The first-order valence-corrected chi connectivity index (χ1v) is 15.2. The molecule has 3 aromatic rings. The summed E-state index contributed by atoms with van der Waals surface area (Å²) in [7, 11) is 0. The van der Waals surface area contributed by atoms with Crippen molar-refractivity contribution in [1.82, 2.24) is 4.98 Å². The molecule has 0 bridgehead atoms. The Labute approximate surface area is 254 Å². The highest BCUT2D eigenvalue weighted by Crippen LogP contribution is 2.39. The third-order valence-electron chi connectivity index (χ3n) is 7.03. The zero-order valence-corrected chi connectivity index (χ0v) is 24.5. The van der Waals surface area contributed by atoms with Gasteiger partial charge in [0.05, 0.1) is 24.4 Å². The van der Waals surface area contributed by atoms with Gasteiger partial charge in [0.2, 0.25) is 5.91 Å². The molecule has 11 heteroatoms. The van der Waals surface area contributed by atoms with Crippen LogP contribution in [0.25, 0.3) is 0 Å². The van der Waals surface area contributed by atoms with Crippen molar-refractivity contribution in [1.29, 1.82) is 0 Å². The van der Waals surface area contributed by atoms with Crippen molar-refractivity contribution >= 4 is 35.3 Å². The van der Waals surface area contributed by atoms with Gasteiger partial charge < -0.3 is 30.1 Å². The molecule has 0 saturated carbocycles. The minimum absolute atomic E-state index is 0.0531. The first-order valence-electron chi connectivity index (χ1n) is 14.3. The van der Waals surface area contributed by atoms with Gasteiger partial charge in [-0.25, -0.2) is 9.78 Å². The number of nitrogens with one attached hydrogen (secondary N) is 1. The van der Waals surface area contributed by atoms with E-state index in [0.29, 0.717) is 42.1 Å². The minimum Gasteiger partial charge on any atom is -0.481 e. The fraction of sp³-hybridized carbons (Fsp3) is 0.375. The summed E-state index contributed by atoms with van der Waals surface area (Å²) in [4.78, 5) is 38.8. The second kappa shape index (κ2) is 16.2. The molecule has 1 aliphatic rings. The highest BCUT2D eigenvalue weighted by atomic mass is 32.2. The van der Waals surface area contributed by atoms with Crippen LogP contribution in [0.2, 0.25) is 0 Å². The molecule has 3 atom stereocenters. The number of aromatic nitrogens is 1. The number of ether oxygens (including phenoxy) is 2. The van der Waals surface area contributed by atoms with E-state index in [1.54, 1.807) is 24.4 Å². The van der Waals surface area contributed by atoms with Crippen LogP contribution in [0.5, 0.6) is 0 Å². The Hall–Kier alpha value is -3.77. The number of thioether (sulfide) groups is 1. The molecule has 0 aliphatic carbocycles. The van der Waals surface area contributed by atoms with Crippen LogP contribution in [-0.4, -0.2) is 50.0 Å². The number of rotatable bonds is 15. The average molecular weight is 609 g/mol. The predicted octanol–water partition coefficient (Wildman–Crippen LogP) is 5.97. The van der Waals surface area contributed by atoms with Gasteiger partial charge >= 0.3 is 11.9 Å². The van der Waals surface area contributed by atoms with Crippen LogP contribution in [0.1, 0.15) is 84.4 Å². The predicted molar refractivity (Wildman–Crippen MR) is 161 cm³/mol. The Kier molecular flexibility index (Phi) is 12.1. The number of carbonyl (C=O) groups is 3. The lowest BCUT2D eigenvalue weighted by Crippen LogP contribution is -2.31. The highest BCUT2D eigenvalue weighted by Gasteiger charge is 2.32. The number of pyridine rings is 1. The summed E-state index contributed by atoms with van der Waals surface area (Å²) in [5.41, 5.74) is 3.30. The van der Waals surface area contributed by atoms with E-state index in [4.69, 9.17) is 14.6 Å². The molecule has 2 aromatic carbocycles. The van der Waals surface area contributed by atoms with Crippen LogP contribution in [0, 0.1) is 0 Å². The van der Waals surface area contributed by atoms with E-state index in [9.17, 15) is 24.6 Å². The van der Waals surface area contributed by atoms with E-state index in [-0.39, 0.29) is 36.7 Å². The Morgan fingerprint density at radius 3 is 2.26 bits per heavy atom. The van der Waals surface area contributed by atoms with E-state index in [2.05, 4.69) is 10.3 Å². The van der Waals surface area contributed by atoms with Crippen LogP contribution >= 0.6 is 11.8 Å². The normalized spacial score (nSPS) is 18.2. The maximum absolute atomic E-state index is 12.4. The summed E-state index contributed by atoms with van der Waals surface area (Å²) in [6.45, 7) is -0.0531. The van der Waals surface area contributed by atoms with Crippen molar-refractivity contribution in [2.45, 2.75) is 75.1 Å². The van der Waals surface area contributed by atoms with Crippen LogP contribution in [-0.2, 0) is 25.7 Å². The largest absolute Gasteiger partial charge is 0.481 e. The Morgan fingerprint density at radius 2 is 1.58 bits per heavy atom. The molecule has 228 valence electrons. The number of benzene rings is 2. The van der Waals surface area contributed by atoms with E-state index >= 15 is 0 Å². The smallest absolute Gasteiger partial charge is 0.338 e. The lowest BCUT2D eigenvalue weighted by atomic mass is 10.0. The number of aliphatic hydroxyl groups is 1. The summed E-state index contributed by atoms with van der Waals surface area (Å²) in [5.74, 6) is -1.47. The van der Waals surface area contributed by atoms with Gasteiger partial charge in [0.15, 0.2) is 6.29 Å². The van der Waals surface area contributed by atoms with Gasteiger partial charge in [-0.05, 0) is 48.2 Å². The molecule has 4 rings (SSSR count). The molecule has 1 amide bonds. The Bertz CT molecular complexity index is 1370. The van der Waals surface area contributed by atoms with E-state index < -0.39 is 18.2 Å². The third kappa shape index (κ3) is 9.89. The number of nitrogens with zero attached hydrogens (tertiary/aromatic N) is 1. The van der Waals surface area contributed by atoms with Gasteiger partial charge in [0.25, 0.3) is 0 Å². The summed E-state index contributed by atoms with van der Waals surface area (Å²) < 4.78 is 12.7. The number of aliphatic carboxylic acids is 1. The standard InChI is InChI=1S/C32H36N2O8S/c35-19-21-9-11-22(12-10-21)27-18-25(20-43-30-26(31(39)40)6-5-17-33-30)41-32(42-27)23-13-15-24(16-14-23)34-28(36)7-3-1-2-4-8-29(37)38/h5-6,9-17,25,27,32,35H,1-4,7-8,18-20H2,(H,34,36)(H,37,38)(H,39,40)/t25-,27+,32+/m0/s1. The number of amides is 1. The maximum atomic E-state index is 12.4. The molecule has 0 spiro atoms. The Balaban J connectivity index is 1.39. The van der Waals surface area contributed by atoms with Gasteiger partial charge in [-0.15, -0.1) is 11.8 Å². The lowest BCUT2D eigenvalue weighted by molar-refractivity contribution is -0.245. The van der Waals surface area contributed by atoms with Crippen LogP contribution < -0.4 is 5.32 Å². The molecule has 4 N–H and O–H groups in total. The second-order valence-electron chi connectivity index (χ2n) is 10.3. The zero-order valence-electron chi connectivity index (χ0n) is 23.7. The van der Waals surface area contributed by atoms with Gasteiger partial charge in [-0.1, -0.05) is 49.2 Å². The first-order chi connectivity index (χ1) is 20.8. The quantitative estimate of drug-likeness (QED) is 0.120. The topological polar surface area (TPSA) is 155 Å². The van der Waals surface area contributed by atoms with Crippen LogP contribution in [0.3, 0.4) is 0 Å². The summed E-state index contributed by atoms with van der Waals surface area (Å²) >= 11 is 1.32. The van der Waals surface area contributed by atoms with Gasteiger partial charge in [0, 0.05) is 42.5 Å². The summed E-state index contributed by atoms with van der Waals surface area (Å²) in [6.07, 6.45) is 4.25. The van der Waals surface area contributed by atoms with Crippen LogP contribution in [0.4, 0.5) is 5.69 Å². The molecule has 10 nitrogen and oxygen atoms in total. The number of unbranched alkanes of at least 4 members (excludes halogenated alkanes) is 3. The van der Waals surface area contributed by atoms with Crippen molar-refractivity contribution < 1.29 is 39.2 Å². The van der Waals surface area contributed by atoms with Crippen molar-refractivity contribution in [3.63, 3.8) is 0 Å². The molecule has 1 saturated heterocycles. The molecule has 1 fully saturated rings. The van der Waals surface area contributed by atoms with Crippen molar-refractivity contribution in [2.24, 2.45) is 0 Å². The molecule has 0 unspecified atom stereocenters. The molecule has 0 radical (unpaired) electrons. The van der Waals surface area contributed by atoms with E-state index in [0.717, 1.165) is 29.5 Å². The third-order valence-corrected chi connectivity index (χ3v) is 8.17. The molecule has 43 heavy (non-hydrogen) atoms. The van der Waals surface area contributed by atoms with Gasteiger partial charge in [-0.2, -0.15) is 0 Å². The molecule has 1 aliphatic heterocycles. The van der Waals surface area contributed by atoms with Crippen molar-refractivity contribution in [2.75, 3.05) is 11.1 Å². The highest BCUT2D eigenvalue weighted by molar-refractivity contribution is 7.99. The number of hydrogen-bond acceptors (Lipinski definition) is 8. The summed E-state index contributed by atoms with van der Waals surface area (Å²) in [6, 6.07) is 18.0. The number of aromatic carboxylic acids is 1. The number of hydrogen-bond donors (Lipinski definition) is 4. The lowest BCUT2D eigenvalue weighted by Gasteiger charge is -2.36. The number of carboxylic acids is 2. The number of carboxylic acid groups (broad SMARTS) is 2. The maximum Gasteiger partial charge on any atom is 0.338 e.